The van der Waals surface area contributed by atoms with Crippen molar-refractivity contribution >= 4 is 5.91 Å². The molecule has 1 aromatic rings. The number of likely N-dealkylation sites (N-methyl/N-ethyl adjacent to an activating group) is 1. The quantitative estimate of drug-likeness (QED) is 0.900. The molecule has 21 heavy (non-hydrogen) atoms. The van der Waals surface area contributed by atoms with Gasteiger partial charge in [0, 0.05) is 13.1 Å². The molecule has 2 saturated carbocycles. The molecule has 2 aliphatic rings. The Hall–Kier alpha value is -1.55. The molecule has 4 heteroatoms. The van der Waals surface area contributed by atoms with Gasteiger partial charge >= 0.3 is 0 Å². The van der Waals surface area contributed by atoms with Gasteiger partial charge in [0.1, 0.15) is 12.4 Å². The number of hydrogen-bond acceptors (Lipinski definition) is 3. The molecule has 1 amide bonds. The van der Waals surface area contributed by atoms with E-state index in [4.69, 9.17) is 10.5 Å². The Labute approximate surface area is 126 Å². The SMILES string of the molecule is CN(CCOc1ccccc1)C(=O)C1C2CCC(C2)C1N. The predicted molar refractivity (Wildman–Crippen MR) is 81.9 cm³/mol. The van der Waals surface area contributed by atoms with Gasteiger partial charge in [-0.15, -0.1) is 0 Å². The topological polar surface area (TPSA) is 55.6 Å². The van der Waals surface area contributed by atoms with Crippen LogP contribution in [-0.4, -0.2) is 37.0 Å². The Balaban J connectivity index is 1.49. The van der Waals surface area contributed by atoms with Gasteiger partial charge in [-0.05, 0) is 43.2 Å². The van der Waals surface area contributed by atoms with Crippen LogP contribution in [-0.2, 0) is 4.79 Å². The predicted octanol–water partition coefficient (Wildman–Crippen LogP) is 1.90. The van der Waals surface area contributed by atoms with Crippen LogP contribution in [0.2, 0.25) is 0 Å². The van der Waals surface area contributed by atoms with E-state index in [0.29, 0.717) is 25.0 Å². The van der Waals surface area contributed by atoms with E-state index in [9.17, 15) is 4.79 Å². The van der Waals surface area contributed by atoms with Crippen molar-refractivity contribution in [2.24, 2.45) is 23.5 Å². The number of rotatable bonds is 5. The van der Waals surface area contributed by atoms with Crippen LogP contribution in [0.3, 0.4) is 0 Å². The maximum Gasteiger partial charge on any atom is 0.227 e. The molecule has 2 N–H and O–H groups in total. The molecule has 2 aliphatic carbocycles. The van der Waals surface area contributed by atoms with Crippen LogP contribution in [0.25, 0.3) is 0 Å². The molecule has 3 rings (SSSR count). The number of carbonyl (C=O) groups excluding carboxylic acids is 1. The average molecular weight is 288 g/mol. The lowest BCUT2D eigenvalue weighted by Gasteiger charge is -2.30. The molecule has 4 atom stereocenters. The van der Waals surface area contributed by atoms with E-state index in [1.807, 2.05) is 37.4 Å². The first-order valence-corrected chi connectivity index (χ1v) is 7.85. The zero-order valence-electron chi connectivity index (χ0n) is 12.6. The van der Waals surface area contributed by atoms with E-state index in [2.05, 4.69) is 0 Å². The maximum absolute atomic E-state index is 12.6. The molecule has 0 aliphatic heterocycles. The van der Waals surface area contributed by atoms with Gasteiger partial charge < -0.3 is 15.4 Å². The van der Waals surface area contributed by atoms with Gasteiger partial charge in [-0.25, -0.2) is 0 Å². The summed E-state index contributed by atoms with van der Waals surface area (Å²) in [5.41, 5.74) is 6.24. The Kier molecular flexibility index (Phi) is 4.15. The number of ether oxygens (including phenoxy) is 1. The first-order valence-electron chi connectivity index (χ1n) is 7.85. The largest absolute Gasteiger partial charge is 0.492 e. The summed E-state index contributed by atoms with van der Waals surface area (Å²) in [6.07, 6.45) is 3.52. The number of nitrogens with zero attached hydrogens (tertiary/aromatic N) is 1. The van der Waals surface area contributed by atoms with Crippen LogP contribution in [0, 0.1) is 17.8 Å². The van der Waals surface area contributed by atoms with E-state index in [1.165, 1.54) is 12.8 Å². The second kappa shape index (κ2) is 6.06. The summed E-state index contributed by atoms with van der Waals surface area (Å²) < 4.78 is 5.65. The number of hydrogen-bond donors (Lipinski definition) is 1. The second-order valence-electron chi connectivity index (χ2n) is 6.36. The van der Waals surface area contributed by atoms with Crippen molar-refractivity contribution in [3.63, 3.8) is 0 Å². The van der Waals surface area contributed by atoms with E-state index in [0.717, 1.165) is 12.2 Å². The average Bonchev–Trinajstić information content (AvgIpc) is 3.08. The zero-order chi connectivity index (χ0) is 14.8. The highest BCUT2D eigenvalue weighted by Gasteiger charge is 2.49. The number of benzene rings is 1. The molecule has 4 nitrogen and oxygen atoms in total. The van der Waals surface area contributed by atoms with Crippen molar-refractivity contribution in [3.05, 3.63) is 30.3 Å². The van der Waals surface area contributed by atoms with Crippen molar-refractivity contribution < 1.29 is 9.53 Å². The van der Waals surface area contributed by atoms with Gasteiger partial charge in [0.25, 0.3) is 0 Å². The van der Waals surface area contributed by atoms with Crippen LogP contribution < -0.4 is 10.5 Å². The van der Waals surface area contributed by atoms with Crippen LogP contribution in [0.15, 0.2) is 30.3 Å². The highest BCUT2D eigenvalue weighted by atomic mass is 16.5. The summed E-state index contributed by atoms with van der Waals surface area (Å²) in [7, 11) is 1.86. The normalized spacial score (nSPS) is 30.4. The third kappa shape index (κ3) is 2.91. The Morgan fingerprint density at radius 1 is 1.29 bits per heavy atom. The van der Waals surface area contributed by atoms with E-state index in [-0.39, 0.29) is 17.9 Å². The fourth-order valence-electron chi connectivity index (χ4n) is 3.88. The Morgan fingerprint density at radius 3 is 2.67 bits per heavy atom. The van der Waals surface area contributed by atoms with Crippen LogP contribution in [0.1, 0.15) is 19.3 Å². The fraction of sp³-hybridized carbons (Fsp3) is 0.588. The van der Waals surface area contributed by atoms with Crippen molar-refractivity contribution in [3.8, 4) is 5.75 Å². The number of nitrogens with two attached hydrogens (primary N) is 1. The molecule has 114 valence electrons. The van der Waals surface area contributed by atoms with E-state index < -0.39 is 0 Å². The summed E-state index contributed by atoms with van der Waals surface area (Å²) in [5, 5.41) is 0. The lowest BCUT2D eigenvalue weighted by atomic mass is 9.84. The highest BCUT2D eigenvalue weighted by molar-refractivity contribution is 5.80. The number of amides is 1. The Bertz CT molecular complexity index is 489. The van der Waals surface area contributed by atoms with Crippen LogP contribution >= 0.6 is 0 Å². The monoisotopic (exact) mass is 288 g/mol. The van der Waals surface area contributed by atoms with Gasteiger partial charge in [0.05, 0.1) is 12.5 Å². The standard InChI is InChI=1S/C17H24N2O2/c1-19(9-10-21-14-5-3-2-4-6-14)17(20)15-12-7-8-13(11-12)16(15)18/h2-6,12-13,15-16H,7-11,18H2,1H3. The van der Waals surface area contributed by atoms with Gasteiger partial charge in [0.2, 0.25) is 5.91 Å². The highest BCUT2D eigenvalue weighted by Crippen LogP contribution is 2.48. The lowest BCUT2D eigenvalue weighted by molar-refractivity contribution is -0.136. The summed E-state index contributed by atoms with van der Waals surface area (Å²) >= 11 is 0. The fourth-order valence-corrected chi connectivity index (χ4v) is 3.88. The first kappa shape index (κ1) is 14.4. The summed E-state index contributed by atoms with van der Waals surface area (Å²) in [5.74, 6) is 2.15. The summed E-state index contributed by atoms with van der Waals surface area (Å²) in [6.45, 7) is 1.12. The van der Waals surface area contributed by atoms with Crippen LogP contribution in [0.4, 0.5) is 0 Å². The van der Waals surface area contributed by atoms with E-state index in [1.54, 1.807) is 4.90 Å². The van der Waals surface area contributed by atoms with Crippen molar-refractivity contribution in [2.75, 3.05) is 20.2 Å². The number of carbonyl (C=O) groups is 1. The van der Waals surface area contributed by atoms with Crippen LogP contribution in [0.5, 0.6) is 5.75 Å². The third-order valence-corrected chi connectivity index (χ3v) is 5.08. The molecule has 0 aromatic heterocycles. The van der Waals surface area contributed by atoms with Crippen molar-refractivity contribution in [2.45, 2.75) is 25.3 Å². The lowest BCUT2D eigenvalue weighted by Crippen LogP contribution is -2.46. The molecule has 0 spiro atoms. The van der Waals surface area contributed by atoms with Gasteiger partial charge in [0.15, 0.2) is 0 Å². The van der Waals surface area contributed by atoms with Gasteiger partial charge in [-0.1, -0.05) is 18.2 Å². The van der Waals surface area contributed by atoms with Gasteiger partial charge in [-0.3, -0.25) is 4.79 Å². The second-order valence-corrected chi connectivity index (χ2v) is 6.36. The minimum Gasteiger partial charge on any atom is -0.492 e. The number of para-hydroxylation sites is 1. The molecular weight excluding hydrogens is 264 g/mol. The summed E-state index contributed by atoms with van der Waals surface area (Å²) in [6, 6.07) is 9.76. The summed E-state index contributed by atoms with van der Waals surface area (Å²) in [4.78, 5) is 14.4. The molecule has 2 bridgehead atoms. The van der Waals surface area contributed by atoms with E-state index >= 15 is 0 Å². The molecule has 4 unspecified atom stereocenters. The minimum atomic E-state index is 0.0328. The molecular formula is C17H24N2O2. The minimum absolute atomic E-state index is 0.0328. The Morgan fingerprint density at radius 2 is 2.00 bits per heavy atom. The van der Waals surface area contributed by atoms with Crippen molar-refractivity contribution in [1.82, 2.24) is 4.90 Å². The third-order valence-electron chi connectivity index (χ3n) is 5.08. The van der Waals surface area contributed by atoms with Crippen molar-refractivity contribution in [1.29, 1.82) is 0 Å². The number of fused-ring (bicyclic) bond motifs is 2. The first-order chi connectivity index (χ1) is 10.2. The molecule has 0 heterocycles. The molecule has 2 fully saturated rings. The van der Waals surface area contributed by atoms with Gasteiger partial charge in [-0.2, -0.15) is 0 Å². The molecule has 1 aromatic carbocycles. The smallest absolute Gasteiger partial charge is 0.227 e. The maximum atomic E-state index is 12.6. The molecule has 0 radical (unpaired) electrons. The zero-order valence-corrected chi connectivity index (χ0v) is 12.6. The molecule has 0 saturated heterocycles.